The van der Waals surface area contributed by atoms with Gasteiger partial charge in [-0.1, -0.05) is 23.7 Å². The van der Waals surface area contributed by atoms with Crippen molar-refractivity contribution in [3.05, 3.63) is 52.9 Å². The Balaban J connectivity index is 1.90. The number of methoxy groups -OCH3 is 1. The van der Waals surface area contributed by atoms with Crippen LogP contribution in [-0.4, -0.2) is 27.6 Å². The van der Waals surface area contributed by atoms with E-state index >= 15 is 0 Å². The minimum atomic E-state index is -3.44. The van der Waals surface area contributed by atoms with E-state index in [1.54, 1.807) is 37.4 Å². The smallest absolute Gasteiger partial charge is 0.240 e. The molecular weight excluding hydrogens is 380 g/mol. The molecule has 0 spiro atoms. The number of nitrogens with zero attached hydrogens (tertiary/aromatic N) is 1. The largest absolute Gasteiger partial charge is 0.495 e. The van der Waals surface area contributed by atoms with Crippen molar-refractivity contribution in [2.24, 2.45) is 0 Å². The molecule has 1 heterocycles. The summed E-state index contributed by atoms with van der Waals surface area (Å²) in [5.41, 5.74) is 2.55. The highest BCUT2D eigenvalue weighted by Crippen LogP contribution is 2.33. The highest BCUT2D eigenvalue weighted by molar-refractivity contribution is 7.89. The summed E-state index contributed by atoms with van der Waals surface area (Å²) < 4.78 is 31.0. The topological polar surface area (TPSA) is 68.3 Å². The Morgan fingerprint density at radius 1 is 1.12 bits per heavy atom. The molecule has 5 nitrogen and oxygen atoms in total. The van der Waals surface area contributed by atoms with Crippen LogP contribution in [-0.2, 0) is 10.0 Å². The maximum absolute atomic E-state index is 11.8. The van der Waals surface area contributed by atoms with Crippen LogP contribution < -0.4 is 9.46 Å². The van der Waals surface area contributed by atoms with E-state index in [4.69, 9.17) is 16.3 Å². The monoisotopic (exact) mass is 394 g/mol. The number of nitrogens with one attached hydrogen (secondary N) is 1. The van der Waals surface area contributed by atoms with E-state index in [0.29, 0.717) is 10.8 Å². The normalized spacial score (nSPS) is 11.5. The molecule has 1 aromatic heterocycles. The van der Waals surface area contributed by atoms with Crippen LogP contribution in [0.15, 0.2) is 52.7 Å². The fraction of sp³-hybridized carbons (Fsp3) is 0.118. The number of aromatic nitrogens is 1. The van der Waals surface area contributed by atoms with Gasteiger partial charge >= 0.3 is 0 Å². The quantitative estimate of drug-likeness (QED) is 0.708. The van der Waals surface area contributed by atoms with Crippen LogP contribution in [0.2, 0.25) is 5.02 Å². The van der Waals surface area contributed by atoms with Crippen LogP contribution in [0.4, 0.5) is 0 Å². The molecular formula is C17H15ClN2O3S2. The lowest BCUT2D eigenvalue weighted by Gasteiger charge is -2.04. The molecule has 130 valence electrons. The van der Waals surface area contributed by atoms with Gasteiger partial charge in [0.05, 0.1) is 22.7 Å². The van der Waals surface area contributed by atoms with Gasteiger partial charge in [-0.05, 0) is 37.4 Å². The number of benzene rings is 2. The number of hydrogen-bond acceptors (Lipinski definition) is 5. The van der Waals surface area contributed by atoms with Gasteiger partial charge in [-0.3, -0.25) is 0 Å². The van der Waals surface area contributed by atoms with Gasteiger partial charge in [-0.25, -0.2) is 18.1 Å². The van der Waals surface area contributed by atoms with Crippen LogP contribution in [0.5, 0.6) is 5.75 Å². The summed E-state index contributed by atoms with van der Waals surface area (Å²) in [6, 6.07) is 12.1. The van der Waals surface area contributed by atoms with Crippen molar-refractivity contribution in [3.8, 4) is 27.6 Å². The molecule has 0 saturated carbocycles. The fourth-order valence-corrected chi connectivity index (χ4v) is 4.08. The van der Waals surface area contributed by atoms with E-state index in [2.05, 4.69) is 9.71 Å². The first-order chi connectivity index (χ1) is 11.9. The first kappa shape index (κ1) is 17.9. The highest BCUT2D eigenvalue weighted by atomic mass is 35.5. The van der Waals surface area contributed by atoms with Crippen LogP contribution in [0.1, 0.15) is 0 Å². The molecule has 0 atom stereocenters. The maximum atomic E-state index is 11.8. The van der Waals surface area contributed by atoms with Gasteiger partial charge in [-0.2, -0.15) is 0 Å². The van der Waals surface area contributed by atoms with Gasteiger partial charge in [0.1, 0.15) is 10.8 Å². The third kappa shape index (κ3) is 3.69. The van der Waals surface area contributed by atoms with Gasteiger partial charge < -0.3 is 4.74 Å². The van der Waals surface area contributed by atoms with E-state index in [-0.39, 0.29) is 4.90 Å². The van der Waals surface area contributed by atoms with Crippen molar-refractivity contribution in [2.75, 3.05) is 14.2 Å². The molecule has 0 unspecified atom stereocenters. The first-order valence-electron chi connectivity index (χ1n) is 7.28. The molecule has 0 fully saturated rings. The third-order valence-corrected chi connectivity index (χ3v) is 6.25. The summed E-state index contributed by atoms with van der Waals surface area (Å²) in [5.74, 6) is 0.613. The molecule has 0 radical (unpaired) electrons. The molecule has 3 rings (SSSR count). The minimum Gasteiger partial charge on any atom is -0.495 e. The van der Waals surface area contributed by atoms with Crippen molar-refractivity contribution in [1.82, 2.24) is 9.71 Å². The summed E-state index contributed by atoms with van der Waals surface area (Å²) >= 11 is 7.65. The van der Waals surface area contributed by atoms with E-state index < -0.39 is 10.0 Å². The van der Waals surface area contributed by atoms with Gasteiger partial charge in [0.2, 0.25) is 10.0 Å². The zero-order valence-corrected chi connectivity index (χ0v) is 15.9. The maximum Gasteiger partial charge on any atom is 0.240 e. The Bertz CT molecular complexity index is 999. The van der Waals surface area contributed by atoms with Crippen molar-refractivity contribution >= 4 is 33.0 Å². The SMILES string of the molecule is CNS(=O)(=O)c1ccc(-c2nc(-c3ccc(OC)c(Cl)c3)cs2)cc1. The number of sulfonamides is 1. The molecule has 2 aromatic carbocycles. The van der Waals surface area contributed by atoms with E-state index in [1.807, 2.05) is 17.5 Å². The standard InChI is InChI=1S/C17H15ClN2O3S2/c1-19-25(21,22)13-6-3-11(4-7-13)17-20-15(10-24-17)12-5-8-16(23-2)14(18)9-12/h3-10,19H,1-2H3. The molecule has 25 heavy (non-hydrogen) atoms. The van der Waals surface area contributed by atoms with Gasteiger partial charge in [0.25, 0.3) is 0 Å². The zero-order valence-electron chi connectivity index (χ0n) is 13.5. The van der Waals surface area contributed by atoms with Crippen LogP contribution >= 0.6 is 22.9 Å². The summed E-state index contributed by atoms with van der Waals surface area (Å²) in [5, 5.41) is 3.26. The Kier molecular flexibility index (Phi) is 5.10. The van der Waals surface area contributed by atoms with Crippen LogP contribution in [0, 0.1) is 0 Å². The van der Waals surface area contributed by atoms with E-state index in [9.17, 15) is 8.42 Å². The van der Waals surface area contributed by atoms with Crippen LogP contribution in [0.25, 0.3) is 21.8 Å². The molecule has 0 amide bonds. The van der Waals surface area contributed by atoms with Gasteiger partial charge in [0, 0.05) is 16.5 Å². The van der Waals surface area contributed by atoms with Gasteiger partial charge in [0.15, 0.2) is 0 Å². The lowest BCUT2D eigenvalue weighted by atomic mass is 10.1. The van der Waals surface area contributed by atoms with Crippen molar-refractivity contribution in [1.29, 1.82) is 0 Å². The second-order valence-electron chi connectivity index (χ2n) is 5.12. The van der Waals surface area contributed by atoms with Crippen molar-refractivity contribution in [3.63, 3.8) is 0 Å². The summed E-state index contributed by atoms with van der Waals surface area (Å²) in [6.07, 6.45) is 0. The number of ether oxygens (including phenoxy) is 1. The molecule has 0 saturated heterocycles. The fourth-order valence-electron chi connectivity index (χ4n) is 2.26. The molecule has 0 aliphatic heterocycles. The Morgan fingerprint density at radius 2 is 1.80 bits per heavy atom. The van der Waals surface area contributed by atoms with Gasteiger partial charge in [-0.15, -0.1) is 11.3 Å². The Hall–Kier alpha value is -1.93. The first-order valence-corrected chi connectivity index (χ1v) is 10.0. The summed E-state index contributed by atoms with van der Waals surface area (Å²) in [7, 11) is -0.485. The summed E-state index contributed by atoms with van der Waals surface area (Å²) in [4.78, 5) is 4.83. The lowest BCUT2D eigenvalue weighted by molar-refractivity contribution is 0.415. The Morgan fingerprint density at radius 3 is 2.40 bits per heavy atom. The number of thiazole rings is 1. The minimum absolute atomic E-state index is 0.220. The number of halogens is 1. The molecule has 8 heteroatoms. The average Bonchev–Trinajstić information content (AvgIpc) is 3.12. The zero-order chi connectivity index (χ0) is 18.0. The lowest BCUT2D eigenvalue weighted by Crippen LogP contribution is -2.18. The number of hydrogen-bond donors (Lipinski definition) is 1. The highest BCUT2D eigenvalue weighted by Gasteiger charge is 2.13. The van der Waals surface area contributed by atoms with Crippen LogP contribution in [0.3, 0.4) is 0 Å². The average molecular weight is 395 g/mol. The predicted octanol–water partition coefficient (Wildman–Crippen LogP) is 4.05. The molecule has 1 N–H and O–H groups in total. The van der Waals surface area contributed by atoms with Crippen molar-refractivity contribution in [2.45, 2.75) is 4.90 Å². The molecule has 0 bridgehead atoms. The predicted molar refractivity (Wildman–Crippen MR) is 101 cm³/mol. The molecule has 3 aromatic rings. The summed E-state index contributed by atoms with van der Waals surface area (Å²) in [6.45, 7) is 0. The second kappa shape index (κ2) is 7.13. The Labute approximate surface area is 155 Å². The third-order valence-electron chi connectivity index (χ3n) is 3.63. The number of rotatable bonds is 5. The molecule has 0 aliphatic carbocycles. The van der Waals surface area contributed by atoms with E-state index in [1.165, 1.54) is 18.4 Å². The van der Waals surface area contributed by atoms with E-state index in [0.717, 1.165) is 21.8 Å². The molecule has 0 aliphatic rings. The van der Waals surface area contributed by atoms with Crippen molar-refractivity contribution < 1.29 is 13.2 Å². The second-order valence-corrected chi connectivity index (χ2v) is 8.27.